The lowest BCUT2D eigenvalue weighted by molar-refractivity contribution is 0.204. The number of nitrogen functional groups attached to an aromatic ring is 1. The van der Waals surface area contributed by atoms with Crippen molar-refractivity contribution >= 4 is 11.6 Å². The maximum absolute atomic E-state index is 5.44. The summed E-state index contributed by atoms with van der Waals surface area (Å²) < 4.78 is 5.15. The molecule has 0 unspecified atom stereocenters. The standard InChI is InChI=1S/C12H23N5O/c1-9(2)7-17(5-6-18-4)12-10(3)11(16-13)14-8-15-12/h8-9H,5-7,13H2,1-4H3,(H,14,15,16). The zero-order chi connectivity index (χ0) is 13.5. The highest BCUT2D eigenvalue weighted by Gasteiger charge is 2.14. The molecule has 0 atom stereocenters. The highest BCUT2D eigenvalue weighted by molar-refractivity contribution is 5.57. The van der Waals surface area contributed by atoms with E-state index >= 15 is 0 Å². The number of methoxy groups -OCH3 is 1. The van der Waals surface area contributed by atoms with Crippen molar-refractivity contribution in [2.75, 3.05) is 37.1 Å². The third kappa shape index (κ3) is 3.82. The van der Waals surface area contributed by atoms with Crippen molar-refractivity contribution < 1.29 is 4.74 Å². The molecule has 1 aromatic heterocycles. The molecule has 102 valence electrons. The summed E-state index contributed by atoms with van der Waals surface area (Å²) in [4.78, 5) is 10.7. The number of nitrogens with two attached hydrogens (primary N) is 1. The van der Waals surface area contributed by atoms with Gasteiger partial charge in [-0.05, 0) is 12.8 Å². The number of hydrazine groups is 1. The van der Waals surface area contributed by atoms with Crippen molar-refractivity contribution in [3.05, 3.63) is 11.9 Å². The van der Waals surface area contributed by atoms with E-state index in [1.807, 2.05) is 6.92 Å². The van der Waals surface area contributed by atoms with Crippen LogP contribution in [0, 0.1) is 12.8 Å². The summed E-state index contributed by atoms with van der Waals surface area (Å²) in [7, 11) is 1.70. The number of rotatable bonds is 7. The van der Waals surface area contributed by atoms with Crippen molar-refractivity contribution in [1.29, 1.82) is 0 Å². The number of ether oxygens (including phenoxy) is 1. The monoisotopic (exact) mass is 253 g/mol. The number of aromatic nitrogens is 2. The number of nitrogens with zero attached hydrogens (tertiary/aromatic N) is 3. The van der Waals surface area contributed by atoms with Crippen LogP contribution in [0.4, 0.5) is 11.6 Å². The molecule has 1 rings (SSSR count). The van der Waals surface area contributed by atoms with Crippen molar-refractivity contribution in [1.82, 2.24) is 9.97 Å². The van der Waals surface area contributed by atoms with Crippen LogP contribution in [0.1, 0.15) is 19.4 Å². The molecule has 0 amide bonds. The molecule has 0 bridgehead atoms. The largest absolute Gasteiger partial charge is 0.383 e. The third-order valence-electron chi connectivity index (χ3n) is 2.64. The molecule has 0 aliphatic heterocycles. The Bertz CT molecular complexity index is 369. The Kier molecular flexibility index (Phi) is 5.80. The minimum atomic E-state index is 0.547. The van der Waals surface area contributed by atoms with Crippen LogP contribution in [-0.2, 0) is 4.74 Å². The summed E-state index contributed by atoms with van der Waals surface area (Å²) in [6, 6.07) is 0. The molecule has 0 aliphatic carbocycles. The summed E-state index contributed by atoms with van der Waals surface area (Å²) >= 11 is 0. The molecule has 0 saturated heterocycles. The fourth-order valence-electron chi connectivity index (χ4n) is 1.83. The summed E-state index contributed by atoms with van der Waals surface area (Å²) in [6.07, 6.45) is 1.53. The summed E-state index contributed by atoms with van der Waals surface area (Å²) in [5.41, 5.74) is 3.55. The van der Waals surface area contributed by atoms with Gasteiger partial charge in [-0.2, -0.15) is 0 Å². The molecule has 18 heavy (non-hydrogen) atoms. The number of hydrogen-bond acceptors (Lipinski definition) is 6. The first-order chi connectivity index (χ1) is 8.60. The van der Waals surface area contributed by atoms with Crippen LogP contribution in [-0.4, -0.2) is 36.8 Å². The molecule has 6 heteroatoms. The predicted octanol–water partition coefficient (Wildman–Crippen LogP) is 1.18. The highest BCUT2D eigenvalue weighted by Crippen LogP contribution is 2.22. The van der Waals surface area contributed by atoms with Gasteiger partial charge < -0.3 is 15.1 Å². The number of nitrogens with one attached hydrogen (secondary N) is 1. The second kappa shape index (κ2) is 7.13. The molecular weight excluding hydrogens is 230 g/mol. The van der Waals surface area contributed by atoms with Crippen molar-refractivity contribution in [2.24, 2.45) is 11.8 Å². The Morgan fingerprint density at radius 1 is 1.44 bits per heavy atom. The molecule has 0 radical (unpaired) electrons. The van der Waals surface area contributed by atoms with Gasteiger partial charge >= 0.3 is 0 Å². The lowest BCUT2D eigenvalue weighted by Gasteiger charge is -2.27. The first kappa shape index (κ1) is 14.7. The van der Waals surface area contributed by atoms with E-state index in [4.69, 9.17) is 10.6 Å². The van der Waals surface area contributed by atoms with Gasteiger partial charge in [0.15, 0.2) is 0 Å². The van der Waals surface area contributed by atoms with Gasteiger partial charge in [0, 0.05) is 25.8 Å². The molecule has 1 heterocycles. The normalized spacial score (nSPS) is 10.8. The van der Waals surface area contributed by atoms with E-state index in [-0.39, 0.29) is 0 Å². The topological polar surface area (TPSA) is 76.3 Å². The molecule has 3 N–H and O–H groups in total. The minimum Gasteiger partial charge on any atom is -0.383 e. The average Bonchev–Trinajstić information content (AvgIpc) is 2.34. The zero-order valence-electron chi connectivity index (χ0n) is 11.6. The molecule has 0 spiro atoms. The zero-order valence-corrected chi connectivity index (χ0v) is 11.6. The molecule has 0 fully saturated rings. The van der Waals surface area contributed by atoms with Gasteiger partial charge in [0.1, 0.15) is 18.0 Å². The predicted molar refractivity (Wildman–Crippen MR) is 73.5 cm³/mol. The Morgan fingerprint density at radius 3 is 2.72 bits per heavy atom. The lowest BCUT2D eigenvalue weighted by atomic mass is 10.2. The lowest BCUT2D eigenvalue weighted by Crippen LogP contribution is -2.32. The van der Waals surface area contributed by atoms with Gasteiger partial charge in [0.2, 0.25) is 0 Å². The van der Waals surface area contributed by atoms with E-state index in [9.17, 15) is 0 Å². The van der Waals surface area contributed by atoms with E-state index in [1.165, 1.54) is 6.33 Å². The third-order valence-corrected chi connectivity index (χ3v) is 2.64. The number of anilines is 2. The van der Waals surface area contributed by atoms with Crippen molar-refractivity contribution in [3.63, 3.8) is 0 Å². The summed E-state index contributed by atoms with van der Waals surface area (Å²) in [6.45, 7) is 8.71. The highest BCUT2D eigenvalue weighted by atomic mass is 16.5. The number of hydrogen-bond donors (Lipinski definition) is 2. The first-order valence-corrected chi connectivity index (χ1v) is 6.12. The van der Waals surface area contributed by atoms with E-state index in [2.05, 4.69) is 34.1 Å². The van der Waals surface area contributed by atoms with Gasteiger partial charge in [-0.3, -0.25) is 0 Å². The van der Waals surface area contributed by atoms with Crippen molar-refractivity contribution in [2.45, 2.75) is 20.8 Å². The fraction of sp³-hybridized carbons (Fsp3) is 0.667. The quantitative estimate of drug-likeness (QED) is 0.561. The molecular formula is C12H23N5O. The fourth-order valence-corrected chi connectivity index (χ4v) is 1.83. The van der Waals surface area contributed by atoms with E-state index in [0.29, 0.717) is 18.3 Å². The van der Waals surface area contributed by atoms with Crippen LogP contribution in [0.15, 0.2) is 6.33 Å². The molecule has 0 aromatic carbocycles. The average molecular weight is 253 g/mol. The van der Waals surface area contributed by atoms with Crippen LogP contribution in [0.2, 0.25) is 0 Å². The van der Waals surface area contributed by atoms with Crippen LogP contribution < -0.4 is 16.2 Å². The molecule has 6 nitrogen and oxygen atoms in total. The van der Waals surface area contributed by atoms with Gasteiger partial charge in [0.05, 0.1) is 6.61 Å². The maximum Gasteiger partial charge on any atom is 0.148 e. The van der Waals surface area contributed by atoms with Crippen LogP contribution in [0.5, 0.6) is 0 Å². The SMILES string of the molecule is COCCN(CC(C)C)c1ncnc(NN)c1C. The van der Waals surface area contributed by atoms with Crippen molar-refractivity contribution in [3.8, 4) is 0 Å². The van der Waals surface area contributed by atoms with E-state index in [0.717, 1.165) is 24.5 Å². The van der Waals surface area contributed by atoms with Gasteiger partial charge in [-0.1, -0.05) is 13.8 Å². The minimum absolute atomic E-state index is 0.547. The molecule has 0 aliphatic rings. The van der Waals surface area contributed by atoms with Crippen LogP contribution >= 0.6 is 0 Å². The van der Waals surface area contributed by atoms with Gasteiger partial charge in [0.25, 0.3) is 0 Å². The molecule has 1 aromatic rings. The smallest absolute Gasteiger partial charge is 0.148 e. The van der Waals surface area contributed by atoms with Crippen LogP contribution in [0.3, 0.4) is 0 Å². The Labute approximate surface area is 109 Å². The Hall–Kier alpha value is -1.40. The second-order valence-electron chi connectivity index (χ2n) is 4.65. The summed E-state index contributed by atoms with van der Waals surface area (Å²) in [5, 5.41) is 0. The first-order valence-electron chi connectivity index (χ1n) is 6.12. The van der Waals surface area contributed by atoms with Crippen LogP contribution in [0.25, 0.3) is 0 Å². The van der Waals surface area contributed by atoms with Gasteiger partial charge in [-0.15, -0.1) is 0 Å². The Morgan fingerprint density at radius 2 is 2.17 bits per heavy atom. The van der Waals surface area contributed by atoms with E-state index in [1.54, 1.807) is 7.11 Å². The van der Waals surface area contributed by atoms with E-state index < -0.39 is 0 Å². The van der Waals surface area contributed by atoms with Gasteiger partial charge in [-0.25, -0.2) is 15.8 Å². The Balaban J connectivity index is 2.96. The second-order valence-corrected chi connectivity index (χ2v) is 4.65. The maximum atomic E-state index is 5.44. The molecule has 0 saturated carbocycles. The summed E-state index contributed by atoms with van der Waals surface area (Å²) in [5.74, 6) is 7.55.